The molecule has 2 aromatic heterocycles. The predicted octanol–water partition coefficient (Wildman–Crippen LogP) is 2.67. The van der Waals surface area contributed by atoms with Crippen molar-refractivity contribution in [2.45, 2.75) is 18.9 Å². The van der Waals surface area contributed by atoms with Gasteiger partial charge in [0.15, 0.2) is 5.76 Å². The average molecular weight is 337 g/mol. The first kappa shape index (κ1) is 15.4. The third-order valence-electron chi connectivity index (χ3n) is 4.36. The number of nitrogens with one attached hydrogen (secondary N) is 3. The number of aromatic nitrogens is 3. The standard InChI is InChI=1S/C18H19N5O2/c24-18(19-10-13-9-14(13)12-5-2-1-3-6-12)20-11-16-21-17(23-22-16)15-7-4-8-25-15/h1-8,13-14H,9-11H2,(H2,19,20,24)(H,21,22,23). The maximum Gasteiger partial charge on any atom is 0.315 e. The van der Waals surface area contributed by atoms with Crippen LogP contribution < -0.4 is 10.6 Å². The zero-order valence-electron chi connectivity index (χ0n) is 13.6. The molecule has 0 radical (unpaired) electrons. The van der Waals surface area contributed by atoms with E-state index < -0.39 is 0 Å². The molecule has 0 aliphatic heterocycles. The third kappa shape index (κ3) is 3.71. The summed E-state index contributed by atoms with van der Waals surface area (Å²) in [5.74, 6) is 2.73. The second-order valence-electron chi connectivity index (χ2n) is 6.16. The molecule has 1 fully saturated rings. The van der Waals surface area contributed by atoms with E-state index in [-0.39, 0.29) is 12.6 Å². The van der Waals surface area contributed by atoms with Crippen LogP contribution in [0.15, 0.2) is 53.1 Å². The van der Waals surface area contributed by atoms with Gasteiger partial charge in [0.25, 0.3) is 0 Å². The van der Waals surface area contributed by atoms with Gasteiger partial charge in [-0.05, 0) is 36.0 Å². The molecular formula is C18H19N5O2. The molecule has 2 amide bonds. The smallest absolute Gasteiger partial charge is 0.315 e. The fourth-order valence-corrected chi connectivity index (χ4v) is 2.92. The van der Waals surface area contributed by atoms with Gasteiger partial charge in [0, 0.05) is 6.54 Å². The first-order chi connectivity index (χ1) is 12.3. The van der Waals surface area contributed by atoms with Crippen molar-refractivity contribution in [3.05, 3.63) is 60.1 Å². The summed E-state index contributed by atoms with van der Waals surface area (Å²) >= 11 is 0. The van der Waals surface area contributed by atoms with Crippen LogP contribution in [0.3, 0.4) is 0 Å². The zero-order valence-corrected chi connectivity index (χ0v) is 13.6. The van der Waals surface area contributed by atoms with Crippen molar-refractivity contribution in [3.8, 4) is 11.6 Å². The summed E-state index contributed by atoms with van der Waals surface area (Å²) in [4.78, 5) is 16.2. The van der Waals surface area contributed by atoms with Gasteiger partial charge >= 0.3 is 6.03 Å². The minimum absolute atomic E-state index is 0.199. The summed E-state index contributed by atoms with van der Waals surface area (Å²) in [6.45, 7) is 0.964. The highest BCUT2D eigenvalue weighted by Gasteiger charge is 2.37. The Morgan fingerprint density at radius 3 is 2.88 bits per heavy atom. The molecule has 2 atom stereocenters. The molecule has 1 aliphatic carbocycles. The number of amides is 2. The number of carbonyl (C=O) groups excluding carboxylic acids is 1. The monoisotopic (exact) mass is 337 g/mol. The van der Waals surface area contributed by atoms with Crippen LogP contribution in [-0.4, -0.2) is 27.8 Å². The van der Waals surface area contributed by atoms with Gasteiger partial charge in [-0.1, -0.05) is 30.3 Å². The molecule has 1 aromatic carbocycles. The van der Waals surface area contributed by atoms with E-state index in [9.17, 15) is 4.79 Å². The van der Waals surface area contributed by atoms with Crippen molar-refractivity contribution < 1.29 is 9.21 Å². The van der Waals surface area contributed by atoms with Crippen molar-refractivity contribution in [3.63, 3.8) is 0 Å². The maximum absolute atomic E-state index is 11.9. The first-order valence-corrected chi connectivity index (χ1v) is 8.31. The van der Waals surface area contributed by atoms with Crippen LogP contribution in [0.4, 0.5) is 4.79 Å². The number of hydrogen-bond donors (Lipinski definition) is 3. The summed E-state index contributed by atoms with van der Waals surface area (Å²) in [5.41, 5.74) is 1.35. The van der Waals surface area contributed by atoms with Crippen LogP contribution in [0.1, 0.15) is 23.7 Å². The largest absolute Gasteiger partial charge is 0.461 e. The van der Waals surface area contributed by atoms with Crippen LogP contribution in [0, 0.1) is 5.92 Å². The van der Waals surface area contributed by atoms with Gasteiger partial charge in [0.1, 0.15) is 5.82 Å². The van der Waals surface area contributed by atoms with Gasteiger partial charge in [-0.3, -0.25) is 5.10 Å². The molecule has 7 nitrogen and oxygen atoms in total. The molecular weight excluding hydrogens is 318 g/mol. The zero-order chi connectivity index (χ0) is 17.1. The normalized spacial score (nSPS) is 18.7. The lowest BCUT2D eigenvalue weighted by Crippen LogP contribution is -2.36. The van der Waals surface area contributed by atoms with E-state index in [2.05, 4.69) is 50.1 Å². The number of carbonyl (C=O) groups is 1. The minimum atomic E-state index is -0.199. The van der Waals surface area contributed by atoms with Crippen LogP contribution in [0.2, 0.25) is 0 Å². The second kappa shape index (κ2) is 6.80. The number of rotatable bonds is 6. The summed E-state index contributed by atoms with van der Waals surface area (Å²) in [6, 6.07) is 13.8. The van der Waals surface area contributed by atoms with E-state index in [4.69, 9.17) is 4.42 Å². The Hall–Kier alpha value is -3.09. The average Bonchev–Trinajstić information content (AvgIpc) is 3.02. The topological polar surface area (TPSA) is 95.8 Å². The molecule has 1 aliphatic rings. The Bertz CT molecular complexity index is 828. The van der Waals surface area contributed by atoms with E-state index in [1.54, 1.807) is 18.4 Å². The van der Waals surface area contributed by atoms with Crippen LogP contribution in [0.5, 0.6) is 0 Å². The summed E-state index contributed by atoms with van der Waals surface area (Å²) in [6.07, 6.45) is 2.69. The molecule has 0 saturated heterocycles. The van der Waals surface area contributed by atoms with Crippen molar-refractivity contribution in [1.82, 2.24) is 25.8 Å². The number of hydrogen-bond acceptors (Lipinski definition) is 4. The number of urea groups is 1. The molecule has 3 aromatic rings. The van der Waals surface area contributed by atoms with E-state index >= 15 is 0 Å². The van der Waals surface area contributed by atoms with E-state index in [0.717, 1.165) is 6.42 Å². The van der Waals surface area contributed by atoms with Crippen LogP contribution in [0.25, 0.3) is 11.6 Å². The SMILES string of the molecule is O=C(NCc1nc(-c2ccco2)n[nH]1)NCC1CC1c1ccccc1. The fourth-order valence-electron chi connectivity index (χ4n) is 2.92. The van der Waals surface area contributed by atoms with Gasteiger partial charge in [0.05, 0.1) is 12.8 Å². The van der Waals surface area contributed by atoms with Gasteiger partial charge in [0.2, 0.25) is 5.82 Å². The Morgan fingerprint density at radius 1 is 1.20 bits per heavy atom. The minimum Gasteiger partial charge on any atom is -0.461 e. The molecule has 2 heterocycles. The van der Waals surface area contributed by atoms with Gasteiger partial charge in [-0.25, -0.2) is 9.78 Å². The lowest BCUT2D eigenvalue weighted by Gasteiger charge is -2.06. The molecule has 4 rings (SSSR count). The lowest BCUT2D eigenvalue weighted by molar-refractivity contribution is 0.239. The van der Waals surface area contributed by atoms with Gasteiger partial charge in [-0.15, -0.1) is 5.10 Å². The van der Waals surface area contributed by atoms with Crippen LogP contribution >= 0.6 is 0 Å². The highest BCUT2D eigenvalue weighted by molar-refractivity contribution is 5.73. The predicted molar refractivity (Wildman–Crippen MR) is 91.6 cm³/mol. The lowest BCUT2D eigenvalue weighted by atomic mass is 10.1. The number of furan rings is 1. The van der Waals surface area contributed by atoms with E-state index in [1.807, 2.05) is 6.07 Å². The number of aromatic amines is 1. The summed E-state index contributed by atoms with van der Waals surface area (Å²) < 4.78 is 5.23. The second-order valence-corrected chi connectivity index (χ2v) is 6.16. The van der Waals surface area contributed by atoms with Crippen molar-refractivity contribution >= 4 is 6.03 Å². The van der Waals surface area contributed by atoms with Crippen molar-refractivity contribution in [2.24, 2.45) is 5.92 Å². The van der Waals surface area contributed by atoms with E-state index in [0.29, 0.717) is 35.8 Å². The summed E-state index contributed by atoms with van der Waals surface area (Å²) in [5, 5.41) is 12.6. The van der Waals surface area contributed by atoms with Crippen molar-refractivity contribution in [2.75, 3.05) is 6.54 Å². The third-order valence-corrected chi connectivity index (χ3v) is 4.36. The van der Waals surface area contributed by atoms with E-state index in [1.165, 1.54) is 5.56 Å². The molecule has 25 heavy (non-hydrogen) atoms. The maximum atomic E-state index is 11.9. The Morgan fingerprint density at radius 2 is 2.08 bits per heavy atom. The molecule has 2 unspecified atom stereocenters. The molecule has 0 bridgehead atoms. The molecule has 7 heteroatoms. The fraction of sp³-hybridized carbons (Fsp3) is 0.278. The molecule has 0 spiro atoms. The molecule has 3 N–H and O–H groups in total. The number of H-pyrrole nitrogens is 1. The Labute approximate surface area is 144 Å². The number of nitrogens with zero attached hydrogens (tertiary/aromatic N) is 2. The Balaban J connectivity index is 1.20. The number of benzene rings is 1. The van der Waals surface area contributed by atoms with Gasteiger partial charge in [-0.2, -0.15) is 0 Å². The van der Waals surface area contributed by atoms with Gasteiger partial charge < -0.3 is 15.1 Å². The Kier molecular flexibility index (Phi) is 4.20. The quantitative estimate of drug-likeness (QED) is 0.644. The molecule has 1 saturated carbocycles. The summed E-state index contributed by atoms with van der Waals surface area (Å²) in [7, 11) is 0. The highest BCUT2D eigenvalue weighted by atomic mass is 16.3. The highest BCUT2D eigenvalue weighted by Crippen LogP contribution is 2.46. The van der Waals surface area contributed by atoms with Crippen molar-refractivity contribution in [1.29, 1.82) is 0 Å². The molecule has 128 valence electrons. The first-order valence-electron chi connectivity index (χ1n) is 8.31. The van der Waals surface area contributed by atoms with Crippen LogP contribution in [-0.2, 0) is 6.54 Å².